The number of aromatic nitrogens is 1. The molecule has 216 valence electrons. The smallest absolute Gasteiger partial charge is 0.410 e. The quantitative estimate of drug-likeness (QED) is 0.295. The SMILES string of the molecule is Cc1ccc(-c2c(C)noc2C)cc1N(CCOC1(C)CN(C(=O)OC(C)(C)C)C1)c1ccc(C2(C#N)CC2)cc1. The number of hydrogen-bond donors (Lipinski definition) is 0. The van der Waals surface area contributed by atoms with Crippen LogP contribution in [0.2, 0.25) is 0 Å². The number of nitrogens with zero attached hydrogens (tertiary/aromatic N) is 4. The molecular formula is C33H40N4O4. The van der Waals surface area contributed by atoms with Crippen molar-refractivity contribution in [3.05, 3.63) is 65.0 Å². The minimum atomic E-state index is -0.525. The van der Waals surface area contributed by atoms with Gasteiger partial charge in [0.05, 0.1) is 36.9 Å². The molecule has 2 aliphatic rings. The molecule has 1 saturated heterocycles. The number of aryl methyl sites for hydroxylation is 3. The highest BCUT2D eigenvalue weighted by Gasteiger charge is 2.45. The molecule has 1 aromatic heterocycles. The Balaban J connectivity index is 1.37. The van der Waals surface area contributed by atoms with E-state index in [1.165, 1.54) is 0 Å². The maximum atomic E-state index is 12.4. The van der Waals surface area contributed by atoms with Gasteiger partial charge in [-0.3, -0.25) is 0 Å². The van der Waals surface area contributed by atoms with E-state index in [1.807, 2.05) is 41.5 Å². The molecule has 1 amide bonds. The first-order valence-corrected chi connectivity index (χ1v) is 14.3. The zero-order valence-corrected chi connectivity index (χ0v) is 25.2. The van der Waals surface area contributed by atoms with Crippen LogP contribution in [0.5, 0.6) is 0 Å². The Kier molecular flexibility index (Phi) is 7.37. The molecule has 0 spiro atoms. The van der Waals surface area contributed by atoms with Gasteiger partial charge in [-0.25, -0.2) is 4.79 Å². The molecule has 3 aromatic rings. The standard InChI is InChI=1S/C33H40N4O4/c1-22-8-9-25(29-23(2)35-41-24(29)3)18-28(22)37(27-12-10-26(11-13-27)33(19-34)14-15-33)16-17-39-32(7)20-36(21-32)30(38)40-31(4,5)6/h8-13,18H,14-17,20-21H2,1-7H3. The summed E-state index contributed by atoms with van der Waals surface area (Å²) in [6.45, 7) is 15.7. The molecule has 5 rings (SSSR count). The van der Waals surface area contributed by atoms with Gasteiger partial charge < -0.3 is 23.8 Å². The Labute approximate surface area is 242 Å². The lowest BCUT2D eigenvalue weighted by Gasteiger charge is -2.47. The number of anilines is 2. The van der Waals surface area contributed by atoms with Gasteiger partial charge in [0.2, 0.25) is 0 Å². The second-order valence-electron chi connectivity index (χ2n) is 12.7. The zero-order chi connectivity index (χ0) is 29.6. The van der Waals surface area contributed by atoms with E-state index in [4.69, 9.17) is 14.0 Å². The van der Waals surface area contributed by atoms with Crippen molar-refractivity contribution in [1.29, 1.82) is 5.26 Å². The fourth-order valence-corrected chi connectivity index (χ4v) is 5.58. The molecule has 0 N–H and O–H groups in total. The van der Waals surface area contributed by atoms with Crippen LogP contribution in [0.25, 0.3) is 11.1 Å². The number of likely N-dealkylation sites (tertiary alicyclic amines) is 1. The summed E-state index contributed by atoms with van der Waals surface area (Å²) >= 11 is 0. The lowest BCUT2D eigenvalue weighted by Crippen LogP contribution is -2.64. The summed E-state index contributed by atoms with van der Waals surface area (Å²) in [4.78, 5) is 16.4. The Morgan fingerprint density at radius 2 is 1.80 bits per heavy atom. The summed E-state index contributed by atoms with van der Waals surface area (Å²) < 4.78 is 17.3. The molecule has 1 aliphatic carbocycles. The van der Waals surface area contributed by atoms with Crippen molar-refractivity contribution < 1.29 is 18.8 Å². The average Bonchev–Trinajstić information content (AvgIpc) is 3.63. The third-order valence-corrected chi connectivity index (χ3v) is 7.99. The first kappa shape index (κ1) is 28.7. The highest BCUT2D eigenvalue weighted by atomic mass is 16.6. The van der Waals surface area contributed by atoms with Gasteiger partial charge in [-0.2, -0.15) is 5.26 Å². The van der Waals surface area contributed by atoms with Crippen molar-refractivity contribution in [2.45, 2.75) is 77.9 Å². The van der Waals surface area contributed by atoms with Crippen LogP contribution in [0.3, 0.4) is 0 Å². The third-order valence-electron chi connectivity index (χ3n) is 7.99. The molecule has 2 heterocycles. The summed E-state index contributed by atoms with van der Waals surface area (Å²) in [7, 11) is 0. The lowest BCUT2D eigenvalue weighted by atomic mass is 9.97. The summed E-state index contributed by atoms with van der Waals surface area (Å²) in [6, 6.07) is 17.3. The number of amides is 1. The van der Waals surface area contributed by atoms with E-state index < -0.39 is 11.2 Å². The maximum Gasteiger partial charge on any atom is 0.410 e. The molecule has 8 nitrogen and oxygen atoms in total. The minimum Gasteiger partial charge on any atom is -0.444 e. The van der Waals surface area contributed by atoms with E-state index in [9.17, 15) is 10.1 Å². The van der Waals surface area contributed by atoms with Crippen LogP contribution in [-0.4, -0.2) is 53.6 Å². The number of hydrogen-bond acceptors (Lipinski definition) is 7. The summed E-state index contributed by atoms with van der Waals surface area (Å²) in [5.41, 5.74) is 5.93. The number of benzene rings is 2. The van der Waals surface area contributed by atoms with Crippen LogP contribution in [0, 0.1) is 32.1 Å². The Bertz CT molecular complexity index is 1450. The molecule has 1 saturated carbocycles. The predicted octanol–water partition coefficient (Wildman–Crippen LogP) is 6.99. The minimum absolute atomic E-state index is 0.308. The van der Waals surface area contributed by atoms with E-state index in [0.29, 0.717) is 26.2 Å². The van der Waals surface area contributed by atoms with E-state index in [0.717, 1.165) is 57.9 Å². The number of carbonyl (C=O) groups excluding carboxylic acids is 1. The van der Waals surface area contributed by atoms with Crippen LogP contribution in [0.15, 0.2) is 47.0 Å². The van der Waals surface area contributed by atoms with Gasteiger partial charge in [-0.05, 0) is 96.2 Å². The van der Waals surface area contributed by atoms with Gasteiger partial charge in [-0.15, -0.1) is 0 Å². The van der Waals surface area contributed by atoms with E-state index in [2.05, 4.69) is 65.5 Å². The summed E-state index contributed by atoms with van der Waals surface area (Å²) in [5.74, 6) is 0.787. The zero-order valence-electron chi connectivity index (χ0n) is 25.2. The molecule has 0 atom stereocenters. The van der Waals surface area contributed by atoms with Gasteiger partial charge in [-0.1, -0.05) is 29.4 Å². The molecule has 1 aliphatic heterocycles. The molecule has 41 heavy (non-hydrogen) atoms. The maximum absolute atomic E-state index is 12.4. The van der Waals surface area contributed by atoms with Gasteiger partial charge in [0.15, 0.2) is 0 Å². The van der Waals surface area contributed by atoms with Crippen LogP contribution in [-0.2, 0) is 14.9 Å². The fraction of sp³-hybridized carbons (Fsp3) is 0.485. The fourth-order valence-electron chi connectivity index (χ4n) is 5.58. The van der Waals surface area contributed by atoms with Crippen LogP contribution >= 0.6 is 0 Å². The monoisotopic (exact) mass is 556 g/mol. The van der Waals surface area contributed by atoms with Gasteiger partial charge >= 0.3 is 6.09 Å². The normalized spacial score (nSPS) is 17.0. The van der Waals surface area contributed by atoms with Crippen molar-refractivity contribution >= 4 is 17.5 Å². The van der Waals surface area contributed by atoms with E-state index >= 15 is 0 Å². The van der Waals surface area contributed by atoms with E-state index in [1.54, 1.807) is 4.90 Å². The second-order valence-corrected chi connectivity index (χ2v) is 12.7. The third kappa shape index (κ3) is 5.96. The largest absolute Gasteiger partial charge is 0.444 e. The Morgan fingerprint density at radius 1 is 1.12 bits per heavy atom. The summed E-state index contributed by atoms with van der Waals surface area (Å²) in [6.07, 6.45) is 1.52. The Hall–Kier alpha value is -3.83. The van der Waals surface area contributed by atoms with Crippen molar-refractivity contribution in [2.75, 3.05) is 31.1 Å². The van der Waals surface area contributed by atoms with Crippen LogP contribution in [0.4, 0.5) is 16.2 Å². The molecule has 8 heteroatoms. The van der Waals surface area contributed by atoms with Crippen LogP contribution < -0.4 is 4.90 Å². The molecule has 2 aromatic carbocycles. The van der Waals surface area contributed by atoms with Crippen molar-refractivity contribution in [1.82, 2.24) is 10.1 Å². The Morgan fingerprint density at radius 3 is 2.37 bits per heavy atom. The first-order chi connectivity index (χ1) is 19.3. The number of carbonyl (C=O) groups is 1. The number of ether oxygens (including phenoxy) is 2. The molecule has 0 radical (unpaired) electrons. The van der Waals surface area contributed by atoms with Gasteiger partial charge in [0.1, 0.15) is 17.0 Å². The van der Waals surface area contributed by atoms with Gasteiger partial charge in [0.25, 0.3) is 0 Å². The molecular weight excluding hydrogens is 516 g/mol. The molecule has 0 unspecified atom stereocenters. The van der Waals surface area contributed by atoms with Crippen molar-refractivity contribution in [3.8, 4) is 17.2 Å². The average molecular weight is 557 g/mol. The number of rotatable bonds is 8. The summed E-state index contributed by atoms with van der Waals surface area (Å²) in [5, 5.41) is 13.8. The van der Waals surface area contributed by atoms with E-state index in [-0.39, 0.29) is 11.5 Å². The molecule has 0 bridgehead atoms. The molecule has 2 fully saturated rings. The highest BCUT2D eigenvalue weighted by Crippen LogP contribution is 2.48. The van der Waals surface area contributed by atoms with Crippen molar-refractivity contribution in [2.24, 2.45) is 0 Å². The van der Waals surface area contributed by atoms with Gasteiger partial charge in [0, 0.05) is 23.5 Å². The number of nitriles is 1. The predicted molar refractivity (Wildman–Crippen MR) is 158 cm³/mol. The van der Waals surface area contributed by atoms with Crippen LogP contribution in [0.1, 0.15) is 63.1 Å². The lowest BCUT2D eigenvalue weighted by molar-refractivity contribution is -0.126. The second kappa shape index (κ2) is 10.5. The van der Waals surface area contributed by atoms with Crippen molar-refractivity contribution in [3.63, 3.8) is 0 Å². The topological polar surface area (TPSA) is 91.8 Å². The first-order valence-electron chi connectivity index (χ1n) is 14.3. The highest BCUT2D eigenvalue weighted by molar-refractivity contribution is 5.76.